The molecule has 10 heteroatoms. The predicted octanol–water partition coefficient (Wildman–Crippen LogP) is -0.149. The molecule has 1 amide bonds. The lowest BCUT2D eigenvalue weighted by Gasteiger charge is -2.48. The fourth-order valence-electron chi connectivity index (χ4n) is 5.05. The summed E-state index contributed by atoms with van der Waals surface area (Å²) in [6.45, 7) is 0. The minimum atomic E-state index is -2.84. The zero-order chi connectivity index (χ0) is 23.5. The van der Waals surface area contributed by atoms with Gasteiger partial charge in [-0.05, 0) is 24.0 Å². The van der Waals surface area contributed by atoms with Crippen LogP contribution in [0.25, 0.3) is 5.76 Å². The molecular weight excluding hydrogens is 420 g/mol. The van der Waals surface area contributed by atoms with Gasteiger partial charge >= 0.3 is 0 Å². The van der Waals surface area contributed by atoms with Crippen molar-refractivity contribution in [2.24, 2.45) is 17.6 Å². The molecule has 0 bridgehead atoms. The van der Waals surface area contributed by atoms with Gasteiger partial charge in [0.05, 0.1) is 17.7 Å². The SMILES string of the molecule is N#CCCc1ccc2c(c1O)C(O)=C1C(=O)[C@]3(O)C(O)=C(C(N)=O)C(=O)C[C@@H]3[C@@H](O)[C@@H]1C2. The number of ketones is 2. The minimum absolute atomic E-state index is 0.00163. The van der Waals surface area contributed by atoms with E-state index in [0.717, 1.165) is 0 Å². The van der Waals surface area contributed by atoms with Gasteiger partial charge in [0.25, 0.3) is 5.91 Å². The van der Waals surface area contributed by atoms with Crippen LogP contribution in [0.3, 0.4) is 0 Å². The summed E-state index contributed by atoms with van der Waals surface area (Å²) >= 11 is 0. The van der Waals surface area contributed by atoms with Crippen molar-refractivity contribution in [3.63, 3.8) is 0 Å². The first-order valence-corrected chi connectivity index (χ1v) is 9.91. The number of hydrogen-bond acceptors (Lipinski definition) is 9. The number of aliphatic hydroxyl groups excluding tert-OH is 3. The van der Waals surface area contributed by atoms with Crippen LogP contribution < -0.4 is 5.73 Å². The Kier molecular flexibility index (Phi) is 4.84. The number of phenols is 1. The van der Waals surface area contributed by atoms with Crippen molar-refractivity contribution in [2.75, 3.05) is 0 Å². The third kappa shape index (κ3) is 2.68. The van der Waals surface area contributed by atoms with E-state index in [0.29, 0.717) is 11.1 Å². The number of primary amides is 1. The Morgan fingerprint density at radius 2 is 1.91 bits per heavy atom. The van der Waals surface area contributed by atoms with E-state index in [-0.39, 0.29) is 30.6 Å². The molecule has 0 unspecified atom stereocenters. The largest absolute Gasteiger partial charge is 0.508 e. The van der Waals surface area contributed by atoms with E-state index in [2.05, 4.69) is 0 Å². The van der Waals surface area contributed by atoms with Gasteiger partial charge in [0.1, 0.15) is 22.8 Å². The third-order valence-electron chi connectivity index (χ3n) is 6.64. The molecule has 4 rings (SSSR count). The summed E-state index contributed by atoms with van der Waals surface area (Å²) in [6, 6.07) is 5.12. The maximum atomic E-state index is 13.4. The first kappa shape index (κ1) is 21.5. The number of carbonyl (C=O) groups excluding carboxylic acids is 3. The Morgan fingerprint density at radius 1 is 1.22 bits per heavy atom. The highest BCUT2D eigenvalue weighted by molar-refractivity contribution is 6.22. The molecule has 10 nitrogen and oxygen atoms in total. The molecule has 1 aromatic carbocycles. The molecule has 3 aliphatic rings. The Bertz CT molecular complexity index is 1190. The average molecular weight is 440 g/mol. The van der Waals surface area contributed by atoms with Crippen LogP contribution in [0, 0.1) is 23.2 Å². The van der Waals surface area contributed by atoms with Crippen LogP contribution in [-0.4, -0.2) is 54.7 Å². The molecule has 0 aromatic heterocycles. The summed E-state index contributed by atoms with van der Waals surface area (Å²) in [7, 11) is 0. The summed E-state index contributed by atoms with van der Waals surface area (Å²) in [5, 5.41) is 63.0. The lowest BCUT2D eigenvalue weighted by molar-refractivity contribution is -0.159. The van der Waals surface area contributed by atoms with E-state index in [1.807, 2.05) is 6.07 Å². The van der Waals surface area contributed by atoms with Gasteiger partial charge in [-0.1, -0.05) is 12.1 Å². The predicted molar refractivity (Wildman–Crippen MR) is 107 cm³/mol. The second-order valence-corrected chi connectivity index (χ2v) is 8.25. The molecule has 0 radical (unpaired) electrons. The number of hydrogen-bond donors (Lipinski definition) is 6. The van der Waals surface area contributed by atoms with Gasteiger partial charge in [0.15, 0.2) is 11.4 Å². The average Bonchev–Trinajstić information content (AvgIpc) is 2.73. The lowest BCUT2D eigenvalue weighted by Crippen LogP contribution is -2.63. The van der Waals surface area contributed by atoms with Crippen molar-refractivity contribution < 1.29 is 39.9 Å². The number of Topliss-reactive ketones (excluding diaryl/α,β-unsaturated/α-hetero) is 2. The van der Waals surface area contributed by atoms with Crippen molar-refractivity contribution in [2.45, 2.75) is 37.4 Å². The smallest absolute Gasteiger partial charge is 0.255 e. The number of aryl methyl sites for hydroxylation is 1. The lowest BCUT2D eigenvalue weighted by atomic mass is 9.58. The van der Waals surface area contributed by atoms with E-state index >= 15 is 0 Å². The highest BCUT2D eigenvalue weighted by Gasteiger charge is 2.63. The van der Waals surface area contributed by atoms with Gasteiger partial charge in [0.2, 0.25) is 5.78 Å². The summed E-state index contributed by atoms with van der Waals surface area (Å²) in [4.78, 5) is 37.3. The number of rotatable bonds is 3. The third-order valence-corrected chi connectivity index (χ3v) is 6.64. The number of aliphatic hydroxyl groups is 4. The molecule has 0 saturated heterocycles. The van der Waals surface area contributed by atoms with E-state index < -0.39 is 70.1 Å². The Balaban J connectivity index is 1.93. The molecule has 166 valence electrons. The van der Waals surface area contributed by atoms with Crippen LogP contribution in [0.5, 0.6) is 5.75 Å². The molecular formula is C22H20N2O8. The first-order valence-electron chi connectivity index (χ1n) is 9.91. The summed E-state index contributed by atoms with van der Waals surface area (Å²) < 4.78 is 0. The quantitative estimate of drug-likeness (QED) is 0.345. The molecule has 1 aromatic rings. The summed E-state index contributed by atoms with van der Waals surface area (Å²) in [6.07, 6.45) is -1.85. The maximum absolute atomic E-state index is 13.4. The number of nitriles is 1. The van der Waals surface area contributed by atoms with Crippen molar-refractivity contribution in [1.29, 1.82) is 5.26 Å². The molecule has 7 N–H and O–H groups in total. The number of amides is 1. The van der Waals surface area contributed by atoms with Crippen LogP contribution in [0.15, 0.2) is 29.0 Å². The zero-order valence-corrected chi connectivity index (χ0v) is 16.7. The standard InChI is InChI=1S/C22H20N2O8/c23-5-1-2-8-3-4-9-6-10-14(18(28)13(9)16(8)26)19(29)22(32)11(17(10)27)7-12(25)15(20(22)30)21(24)31/h3-4,10-11,17,26-28,30,32H,1-2,6-7H2,(H2,24,31)/t10-,11-,17+,22+/m1/s1. The maximum Gasteiger partial charge on any atom is 0.255 e. The van der Waals surface area contributed by atoms with E-state index in [4.69, 9.17) is 11.0 Å². The number of nitrogens with two attached hydrogens (primary N) is 1. The fourth-order valence-corrected chi connectivity index (χ4v) is 5.05. The molecule has 3 aliphatic carbocycles. The number of carbonyl (C=O) groups is 3. The second-order valence-electron chi connectivity index (χ2n) is 8.25. The molecule has 1 fully saturated rings. The van der Waals surface area contributed by atoms with Crippen molar-refractivity contribution >= 4 is 23.2 Å². The molecule has 0 spiro atoms. The van der Waals surface area contributed by atoms with Gasteiger partial charge in [-0.25, -0.2) is 0 Å². The van der Waals surface area contributed by atoms with Gasteiger partial charge in [-0.15, -0.1) is 0 Å². The van der Waals surface area contributed by atoms with E-state index in [9.17, 15) is 39.9 Å². The van der Waals surface area contributed by atoms with Crippen LogP contribution in [-0.2, 0) is 27.2 Å². The van der Waals surface area contributed by atoms with Crippen LogP contribution in [0.2, 0.25) is 0 Å². The van der Waals surface area contributed by atoms with Crippen molar-refractivity contribution in [3.05, 3.63) is 45.7 Å². The molecule has 0 aliphatic heterocycles. The number of fused-ring (bicyclic) bond motifs is 3. The number of nitrogens with zero attached hydrogens (tertiary/aromatic N) is 1. The molecule has 4 atom stereocenters. The Hall–Kier alpha value is -3.68. The number of aromatic hydroxyl groups is 1. The number of phenolic OH excluding ortho intramolecular Hbond substituents is 1. The Morgan fingerprint density at radius 3 is 2.53 bits per heavy atom. The van der Waals surface area contributed by atoms with Gasteiger partial charge in [-0.3, -0.25) is 14.4 Å². The highest BCUT2D eigenvalue weighted by Crippen LogP contribution is 2.52. The van der Waals surface area contributed by atoms with Gasteiger partial charge in [-0.2, -0.15) is 5.26 Å². The topological polar surface area (TPSA) is 202 Å². The van der Waals surface area contributed by atoms with E-state index in [1.165, 1.54) is 0 Å². The normalized spacial score (nSPS) is 29.2. The van der Waals surface area contributed by atoms with Crippen LogP contribution in [0.4, 0.5) is 0 Å². The monoisotopic (exact) mass is 440 g/mol. The number of benzene rings is 1. The fraction of sp³-hybridized carbons (Fsp3) is 0.364. The van der Waals surface area contributed by atoms with Gasteiger partial charge < -0.3 is 31.3 Å². The highest BCUT2D eigenvalue weighted by atomic mass is 16.4. The molecule has 32 heavy (non-hydrogen) atoms. The minimum Gasteiger partial charge on any atom is -0.508 e. The zero-order valence-electron chi connectivity index (χ0n) is 16.7. The summed E-state index contributed by atoms with van der Waals surface area (Å²) in [5.41, 5.74) is 1.64. The van der Waals surface area contributed by atoms with Crippen molar-refractivity contribution in [1.82, 2.24) is 0 Å². The van der Waals surface area contributed by atoms with E-state index in [1.54, 1.807) is 12.1 Å². The van der Waals surface area contributed by atoms with Gasteiger partial charge in [0, 0.05) is 30.3 Å². The van der Waals surface area contributed by atoms with Crippen molar-refractivity contribution in [3.8, 4) is 11.8 Å². The Labute approximate surface area is 181 Å². The van der Waals surface area contributed by atoms with Crippen LogP contribution in [0.1, 0.15) is 29.5 Å². The second kappa shape index (κ2) is 7.19. The molecule has 0 heterocycles. The summed E-state index contributed by atoms with van der Waals surface area (Å²) in [5.74, 6) is -8.21. The first-order chi connectivity index (χ1) is 15.0. The van der Waals surface area contributed by atoms with Crippen LogP contribution >= 0.6 is 0 Å². The molecule has 1 saturated carbocycles.